The highest BCUT2D eigenvalue weighted by Crippen LogP contribution is 2.70. The minimum atomic E-state index is -5.33. The summed E-state index contributed by atoms with van der Waals surface area (Å²) in [6.45, 7) is 0. The van der Waals surface area contributed by atoms with Gasteiger partial charge in [0.25, 0.3) is 5.92 Å². The quantitative estimate of drug-likeness (QED) is 0.761. The predicted molar refractivity (Wildman–Crippen MR) is 80.0 cm³/mol. The number of nitriles is 1. The first kappa shape index (κ1) is 17.8. The van der Waals surface area contributed by atoms with Crippen LogP contribution in [0.25, 0.3) is 5.69 Å². The average Bonchev–Trinajstić information content (AvgIpc) is 2.93. The Balaban J connectivity index is 2.32. The fourth-order valence-corrected chi connectivity index (χ4v) is 3.36. The summed E-state index contributed by atoms with van der Waals surface area (Å²) in [6.07, 6.45) is -6.83. The van der Waals surface area contributed by atoms with E-state index < -0.39 is 41.0 Å². The van der Waals surface area contributed by atoms with Gasteiger partial charge in [-0.3, -0.25) is 0 Å². The van der Waals surface area contributed by atoms with Crippen molar-refractivity contribution in [1.29, 1.82) is 5.26 Å². The van der Waals surface area contributed by atoms with Gasteiger partial charge in [-0.2, -0.15) is 23.5 Å². The van der Waals surface area contributed by atoms with Crippen molar-refractivity contribution in [2.75, 3.05) is 5.73 Å². The maximum atomic E-state index is 13.7. The van der Waals surface area contributed by atoms with Crippen LogP contribution in [0.3, 0.4) is 0 Å². The number of nitrogens with zero attached hydrogens (tertiary/aromatic N) is 3. The highest BCUT2D eigenvalue weighted by atomic mass is 35.5. The van der Waals surface area contributed by atoms with E-state index in [1.54, 1.807) is 0 Å². The zero-order chi connectivity index (χ0) is 18.8. The van der Waals surface area contributed by atoms with Crippen molar-refractivity contribution in [3.05, 3.63) is 39.5 Å². The minimum absolute atomic E-state index is 0.0265. The third-order valence-corrected chi connectivity index (χ3v) is 4.68. The zero-order valence-corrected chi connectivity index (χ0v) is 13.5. The van der Waals surface area contributed by atoms with Crippen LogP contribution in [-0.2, 0) is 5.41 Å². The fraction of sp³-hybridized carbons (Fsp3) is 0.286. The van der Waals surface area contributed by atoms with Gasteiger partial charge in [-0.1, -0.05) is 29.3 Å². The smallest absolute Gasteiger partial charge is 0.383 e. The molecular weight excluding hydrogens is 390 g/mol. The first-order valence-corrected chi connectivity index (χ1v) is 7.41. The van der Waals surface area contributed by atoms with Crippen molar-refractivity contribution in [3.63, 3.8) is 0 Å². The largest absolute Gasteiger partial charge is 0.404 e. The van der Waals surface area contributed by atoms with Gasteiger partial charge in [-0.05, 0) is 12.1 Å². The average molecular weight is 397 g/mol. The Bertz CT molecular complexity index is 895. The summed E-state index contributed by atoms with van der Waals surface area (Å²) in [4.78, 5) is 0. The third-order valence-electron chi connectivity index (χ3n) is 4.07. The molecule has 3 rings (SSSR count). The van der Waals surface area contributed by atoms with Crippen LogP contribution in [-0.4, -0.2) is 21.9 Å². The molecule has 4 nitrogen and oxygen atoms in total. The lowest BCUT2D eigenvalue weighted by Crippen LogP contribution is -2.35. The summed E-state index contributed by atoms with van der Waals surface area (Å²) in [6, 6.07) is 5.58. The minimum Gasteiger partial charge on any atom is -0.383 e. The number of anilines is 1. The van der Waals surface area contributed by atoms with Crippen LogP contribution < -0.4 is 5.73 Å². The van der Waals surface area contributed by atoms with Gasteiger partial charge in [-0.25, -0.2) is 13.5 Å². The molecule has 0 spiro atoms. The molecule has 0 aliphatic heterocycles. The Labute approximate surface area is 147 Å². The van der Waals surface area contributed by atoms with Crippen LogP contribution >= 0.6 is 23.2 Å². The molecule has 11 heteroatoms. The second kappa shape index (κ2) is 5.22. The molecule has 0 bridgehead atoms. The van der Waals surface area contributed by atoms with E-state index in [1.807, 2.05) is 0 Å². The third kappa shape index (κ3) is 2.28. The lowest BCUT2D eigenvalue weighted by atomic mass is 9.94. The molecule has 1 saturated carbocycles. The fourth-order valence-electron chi connectivity index (χ4n) is 2.80. The molecule has 0 amide bonds. The van der Waals surface area contributed by atoms with Crippen LogP contribution in [0.4, 0.5) is 27.8 Å². The van der Waals surface area contributed by atoms with E-state index in [1.165, 1.54) is 24.3 Å². The van der Waals surface area contributed by atoms with Crippen LogP contribution in [0.2, 0.25) is 10.0 Å². The molecule has 0 saturated heterocycles. The van der Waals surface area contributed by atoms with Gasteiger partial charge in [-0.15, -0.1) is 0 Å². The monoisotopic (exact) mass is 396 g/mol. The van der Waals surface area contributed by atoms with Crippen LogP contribution in [0.5, 0.6) is 0 Å². The zero-order valence-electron chi connectivity index (χ0n) is 12.0. The van der Waals surface area contributed by atoms with E-state index in [9.17, 15) is 22.0 Å². The molecule has 1 aromatic carbocycles. The number of rotatable bonds is 2. The second-order valence-electron chi connectivity index (χ2n) is 5.49. The molecular formula is C14H7Cl2F5N4. The SMILES string of the molecule is N#Cc1nn(-c2c(Cl)cccc2Cl)c(N)c1C1(C(F)(F)F)CC1(F)F. The maximum Gasteiger partial charge on any atom is 0.404 e. The van der Waals surface area contributed by atoms with Gasteiger partial charge >= 0.3 is 6.18 Å². The second-order valence-corrected chi connectivity index (χ2v) is 6.30. The summed E-state index contributed by atoms with van der Waals surface area (Å²) in [5.41, 5.74) is 0.109. The van der Waals surface area contributed by atoms with Gasteiger partial charge < -0.3 is 5.73 Å². The van der Waals surface area contributed by atoms with Gasteiger partial charge in [0.1, 0.15) is 17.6 Å². The predicted octanol–water partition coefficient (Wildman–Crippen LogP) is 4.47. The molecule has 1 aromatic heterocycles. The van der Waals surface area contributed by atoms with Crippen molar-refractivity contribution in [3.8, 4) is 11.8 Å². The number of halogens is 7. The number of nitrogen functional groups attached to an aromatic ring is 1. The lowest BCUT2D eigenvalue weighted by molar-refractivity contribution is -0.182. The Kier molecular flexibility index (Phi) is 3.71. The molecule has 25 heavy (non-hydrogen) atoms. The molecule has 132 valence electrons. The summed E-state index contributed by atoms with van der Waals surface area (Å²) in [7, 11) is 0. The topological polar surface area (TPSA) is 67.6 Å². The molecule has 1 aliphatic rings. The van der Waals surface area contributed by atoms with E-state index in [0.29, 0.717) is 4.68 Å². The number of hydrogen-bond acceptors (Lipinski definition) is 3. The van der Waals surface area contributed by atoms with Crippen LogP contribution in [0, 0.1) is 11.3 Å². The van der Waals surface area contributed by atoms with Crippen molar-refractivity contribution < 1.29 is 22.0 Å². The summed E-state index contributed by atoms with van der Waals surface area (Å²) in [5, 5.41) is 12.7. The Morgan fingerprint density at radius 3 is 2.16 bits per heavy atom. The first-order chi connectivity index (χ1) is 11.5. The van der Waals surface area contributed by atoms with E-state index in [0.717, 1.165) is 0 Å². The van der Waals surface area contributed by atoms with Crippen LogP contribution in [0.15, 0.2) is 18.2 Å². The molecule has 0 radical (unpaired) electrons. The first-order valence-electron chi connectivity index (χ1n) is 6.66. The highest BCUT2D eigenvalue weighted by molar-refractivity contribution is 6.37. The number of benzene rings is 1. The number of nitrogens with two attached hydrogens (primary N) is 1. The Hall–Kier alpha value is -2.05. The van der Waals surface area contributed by atoms with Gasteiger partial charge in [0, 0.05) is 6.42 Å². The van der Waals surface area contributed by atoms with Gasteiger partial charge in [0.15, 0.2) is 11.1 Å². The van der Waals surface area contributed by atoms with Gasteiger partial charge in [0.05, 0.1) is 15.6 Å². The van der Waals surface area contributed by atoms with E-state index in [4.69, 9.17) is 34.2 Å². The molecule has 1 unspecified atom stereocenters. The molecule has 1 atom stereocenters. The molecule has 1 heterocycles. The molecule has 1 fully saturated rings. The Morgan fingerprint density at radius 1 is 1.24 bits per heavy atom. The summed E-state index contributed by atoms with van der Waals surface area (Å²) < 4.78 is 68.4. The maximum absolute atomic E-state index is 13.7. The number of para-hydroxylation sites is 1. The van der Waals surface area contributed by atoms with Crippen molar-refractivity contribution in [1.82, 2.24) is 9.78 Å². The number of aromatic nitrogens is 2. The van der Waals surface area contributed by atoms with Crippen LogP contribution in [0.1, 0.15) is 17.7 Å². The van der Waals surface area contributed by atoms with E-state index >= 15 is 0 Å². The molecule has 2 aromatic rings. The van der Waals surface area contributed by atoms with Crippen molar-refractivity contribution in [2.24, 2.45) is 0 Å². The Morgan fingerprint density at radius 2 is 1.76 bits per heavy atom. The lowest BCUT2D eigenvalue weighted by Gasteiger charge is -2.20. The highest BCUT2D eigenvalue weighted by Gasteiger charge is 2.86. The summed E-state index contributed by atoms with van der Waals surface area (Å²) in [5.74, 6) is -4.86. The molecule has 1 aliphatic carbocycles. The summed E-state index contributed by atoms with van der Waals surface area (Å²) >= 11 is 11.9. The standard InChI is InChI=1S/C14H7Cl2F5N4/c15-6-2-1-3-7(16)10(6)25-11(23)9(8(4-22)24-25)12(14(19,20)21)5-13(12,17)18/h1-3H,5,23H2. The normalized spacial score (nSPS) is 21.8. The van der Waals surface area contributed by atoms with Crippen molar-refractivity contribution in [2.45, 2.75) is 23.9 Å². The van der Waals surface area contributed by atoms with Gasteiger partial charge in [0.2, 0.25) is 0 Å². The van der Waals surface area contributed by atoms with Crippen molar-refractivity contribution >= 4 is 29.0 Å². The number of alkyl halides is 5. The molecule has 2 N–H and O–H groups in total. The number of hydrogen-bond donors (Lipinski definition) is 1. The van der Waals surface area contributed by atoms with E-state index in [2.05, 4.69) is 5.10 Å². The van der Waals surface area contributed by atoms with E-state index in [-0.39, 0.29) is 15.7 Å².